The molecule has 0 heterocycles. The fraction of sp³-hybridized carbons (Fsp3) is 1.00. The van der Waals surface area contributed by atoms with Gasteiger partial charge in [0.05, 0.1) is 6.10 Å². The van der Waals surface area contributed by atoms with Crippen molar-refractivity contribution in [2.45, 2.75) is 58.0 Å². The maximum absolute atomic E-state index is 9.62. The van der Waals surface area contributed by atoms with Gasteiger partial charge in [-0.1, -0.05) is 26.2 Å². The Labute approximate surface area is 75.2 Å². The molecule has 12 heavy (non-hydrogen) atoms. The predicted molar refractivity (Wildman–Crippen MR) is 49.9 cm³/mol. The lowest BCUT2D eigenvalue weighted by atomic mass is 9.68. The molecule has 0 aromatic rings. The second-order valence-electron chi connectivity index (χ2n) is 4.92. The summed E-state index contributed by atoms with van der Waals surface area (Å²) in [4.78, 5) is 0. The first-order valence-electron chi connectivity index (χ1n) is 5.41. The van der Waals surface area contributed by atoms with Crippen molar-refractivity contribution < 1.29 is 5.11 Å². The van der Waals surface area contributed by atoms with Gasteiger partial charge in [-0.15, -0.1) is 0 Å². The zero-order valence-corrected chi connectivity index (χ0v) is 8.05. The summed E-state index contributed by atoms with van der Waals surface area (Å²) >= 11 is 0. The zero-order valence-electron chi connectivity index (χ0n) is 8.05. The van der Waals surface area contributed by atoms with Gasteiger partial charge in [-0.05, 0) is 37.0 Å². The monoisotopic (exact) mass is 168 g/mol. The zero-order chi connectivity index (χ0) is 8.60. The number of hydrogen-bond donors (Lipinski definition) is 1. The third kappa shape index (κ3) is 1.28. The topological polar surface area (TPSA) is 20.2 Å². The first-order valence-corrected chi connectivity index (χ1v) is 5.41. The second-order valence-corrected chi connectivity index (χ2v) is 4.92. The summed E-state index contributed by atoms with van der Waals surface area (Å²) in [6.45, 7) is 2.33. The SMILES string of the molecule is C[C@@H]1CC(O)CC12CCCCC2. The van der Waals surface area contributed by atoms with E-state index in [1.807, 2.05) is 0 Å². The van der Waals surface area contributed by atoms with Gasteiger partial charge in [-0.25, -0.2) is 0 Å². The van der Waals surface area contributed by atoms with Gasteiger partial charge < -0.3 is 5.11 Å². The van der Waals surface area contributed by atoms with Crippen molar-refractivity contribution in [1.29, 1.82) is 0 Å². The largest absolute Gasteiger partial charge is 0.393 e. The van der Waals surface area contributed by atoms with Crippen molar-refractivity contribution in [2.24, 2.45) is 11.3 Å². The maximum atomic E-state index is 9.62. The summed E-state index contributed by atoms with van der Waals surface area (Å²) in [5, 5.41) is 9.62. The molecule has 2 fully saturated rings. The summed E-state index contributed by atoms with van der Waals surface area (Å²) in [5.41, 5.74) is 0.553. The van der Waals surface area contributed by atoms with Crippen molar-refractivity contribution >= 4 is 0 Å². The molecule has 0 amide bonds. The molecule has 0 aliphatic heterocycles. The third-order valence-corrected chi connectivity index (χ3v) is 4.16. The Morgan fingerprint density at radius 2 is 1.83 bits per heavy atom. The van der Waals surface area contributed by atoms with Crippen molar-refractivity contribution in [3.05, 3.63) is 0 Å². The van der Waals surface area contributed by atoms with Crippen LogP contribution in [0, 0.1) is 11.3 Å². The first kappa shape index (κ1) is 8.55. The van der Waals surface area contributed by atoms with E-state index in [4.69, 9.17) is 0 Å². The van der Waals surface area contributed by atoms with E-state index in [1.54, 1.807) is 0 Å². The Morgan fingerprint density at radius 1 is 1.17 bits per heavy atom. The van der Waals surface area contributed by atoms with Gasteiger partial charge in [0, 0.05) is 0 Å². The van der Waals surface area contributed by atoms with Crippen LogP contribution >= 0.6 is 0 Å². The molecule has 0 saturated heterocycles. The predicted octanol–water partition coefficient (Wildman–Crippen LogP) is 2.73. The summed E-state index contributed by atoms with van der Waals surface area (Å²) < 4.78 is 0. The van der Waals surface area contributed by atoms with Crippen LogP contribution in [-0.4, -0.2) is 11.2 Å². The van der Waals surface area contributed by atoms with Crippen LogP contribution in [0.1, 0.15) is 51.9 Å². The molecule has 0 aromatic carbocycles. The highest BCUT2D eigenvalue weighted by Gasteiger charge is 2.44. The molecule has 2 atom stereocenters. The van der Waals surface area contributed by atoms with Crippen LogP contribution in [0.25, 0.3) is 0 Å². The molecule has 1 N–H and O–H groups in total. The second kappa shape index (κ2) is 3.02. The number of rotatable bonds is 0. The molecule has 1 nitrogen and oxygen atoms in total. The molecule has 2 saturated carbocycles. The molecular weight excluding hydrogens is 148 g/mol. The molecule has 0 aromatic heterocycles. The molecule has 1 unspecified atom stereocenters. The van der Waals surface area contributed by atoms with Crippen LogP contribution in [0.3, 0.4) is 0 Å². The van der Waals surface area contributed by atoms with Crippen LogP contribution in [0.4, 0.5) is 0 Å². The third-order valence-electron chi connectivity index (χ3n) is 4.16. The van der Waals surface area contributed by atoms with Gasteiger partial charge in [-0.3, -0.25) is 0 Å². The highest BCUT2D eigenvalue weighted by atomic mass is 16.3. The standard InChI is InChI=1S/C11H20O/c1-9-7-10(12)8-11(9)5-3-2-4-6-11/h9-10,12H,2-8H2,1H3/t9-,10?/m1/s1. The summed E-state index contributed by atoms with van der Waals surface area (Å²) in [6.07, 6.45) is 9.14. The van der Waals surface area contributed by atoms with E-state index < -0.39 is 0 Å². The molecule has 70 valence electrons. The van der Waals surface area contributed by atoms with Gasteiger partial charge in [0.25, 0.3) is 0 Å². The normalized spacial score (nSPS) is 40.5. The van der Waals surface area contributed by atoms with E-state index >= 15 is 0 Å². The maximum Gasteiger partial charge on any atom is 0.0548 e. The van der Waals surface area contributed by atoms with Crippen LogP contribution in [0.5, 0.6) is 0 Å². The molecular formula is C11H20O. The first-order chi connectivity index (χ1) is 5.73. The Balaban J connectivity index is 2.08. The van der Waals surface area contributed by atoms with Gasteiger partial charge in [-0.2, -0.15) is 0 Å². The minimum absolute atomic E-state index is 0.0121. The molecule has 1 heteroatoms. The molecule has 0 radical (unpaired) electrons. The number of aliphatic hydroxyl groups excluding tert-OH is 1. The molecule has 2 rings (SSSR count). The summed E-state index contributed by atoms with van der Waals surface area (Å²) in [7, 11) is 0. The summed E-state index contributed by atoms with van der Waals surface area (Å²) in [5.74, 6) is 0.771. The number of aliphatic hydroxyl groups is 1. The fourth-order valence-electron chi connectivity index (χ4n) is 3.36. The average molecular weight is 168 g/mol. The summed E-state index contributed by atoms with van der Waals surface area (Å²) in [6, 6.07) is 0. The smallest absolute Gasteiger partial charge is 0.0548 e. The number of hydrogen-bond acceptors (Lipinski definition) is 1. The van der Waals surface area contributed by atoms with Gasteiger partial charge in [0.1, 0.15) is 0 Å². The fourth-order valence-corrected chi connectivity index (χ4v) is 3.36. The van der Waals surface area contributed by atoms with E-state index in [0.29, 0.717) is 5.41 Å². The Morgan fingerprint density at radius 3 is 2.33 bits per heavy atom. The molecule has 2 aliphatic carbocycles. The minimum atomic E-state index is 0.0121. The highest BCUT2D eigenvalue weighted by molar-refractivity contribution is 4.95. The van der Waals surface area contributed by atoms with Gasteiger partial charge in [0.2, 0.25) is 0 Å². The minimum Gasteiger partial charge on any atom is -0.393 e. The quantitative estimate of drug-likeness (QED) is 0.589. The van der Waals surface area contributed by atoms with Gasteiger partial charge in [0.15, 0.2) is 0 Å². The van der Waals surface area contributed by atoms with Gasteiger partial charge >= 0.3 is 0 Å². The van der Waals surface area contributed by atoms with Crippen LogP contribution in [0.2, 0.25) is 0 Å². The Bertz CT molecular complexity index is 158. The Hall–Kier alpha value is -0.0400. The van der Waals surface area contributed by atoms with Crippen molar-refractivity contribution in [1.82, 2.24) is 0 Å². The van der Waals surface area contributed by atoms with E-state index in [9.17, 15) is 5.11 Å². The van der Waals surface area contributed by atoms with Crippen LogP contribution < -0.4 is 0 Å². The van der Waals surface area contributed by atoms with E-state index in [2.05, 4.69) is 6.92 Å². The van der Waals surface area contributed by atoms with Crippen molar-refractivity contribution in [3.63, 3.8) is 0 Å². The lowest BCUT2D eigenvalue weighted by Crippen LogP contribution is -2.26. The van der Waals surface area contributed by atoms with E-state index in [-0.39, 0.29) is 6.10 Å². The lowest BCUT2D eigenvalue weighted by molar-refractivity contribution is 0.117. The lowest BCUT2D eigenvalue weighted by Gasteiger charge is -2.37. The molecule has 0 bridgehead atoms. The molecule has 2 aliphatic rings. The van der Waals surface area contributed by atoms with Crippen LogP contribution in [-0.2, 0) is 0 Å². The molecule has 1 spiro atoms. The van der Waals surface area contributed by atoms with E-state index in [1.165, 1.54) is 32.1 Å². The highest BCUT2D eigenvalue weighted by Crippen LogP contribution is 2.52. The van der Waals surface area contributed by atoms with Crippen molar-refractivity contribution in [2.75, 3.05) is 0 Å². The van der Waals surface area contributed by atoms with E-state index in [0.717, 1.165) is 18.8 Å². The Kier molecular flexibility index (Phi) is 2.16. The van der Waals surface area contributed by atoms with Crippen molar-refractivity contribution in [3.8, 4) is 0 Å². The van der Waals surface area contributed by atoms with Crippen LogP contribution in [0.15, 0.2) is 0 Å². The average Bonchev–Trinajstić information content (AvgIpc) is 2.29.